The summed E-state index contributed by atoms with van der Waals surface area (Å²) in [6.07, 6.45) is 4.37. The van der Waals surface area contributed by atoms with Crippen molar-refractivity contribution in [3.05, 3.63) is 42.0 Å². The molecule has 0 aliphatic heterocycles. The molecule has 23 heavy (non-hydrogen) atoms. The number of ether oxygens (including phenoxy) is 1. The highest BCUT2D eigenvalue weighted by Crippen LogP contribution is 2.53. The molecule has 1 heterocycles. The van der Waals surface area contributed by atoms with Crippen LogP contribution in [0.25, 0.3) is 0 Å². The number of aromatic nitrogens is 2. The van der Waals surface area contributed by atoms with Crippen LogP contribution in [-0.2, 0) is 4.57 Å². The lowest BCUT2D eigenvalue weighted by molar-refractivity contribution is 0.358. The molecule has 124 valence electrons. The van der Waals surface area contributed by atoms with Crippen molar-refractivity contribution in [2.24, 2.45) is 0 Å². The van der Waals surface area contributed by atoms with E-state index in [1.54, 1.807) is 6.92 Å². The smallest absolute Gasteiger partial charge is 0.334 e. The van der Waals surface area contributed by atoms with Crippen LogP contribution in [0.1, 0.15) is 16.8 Å². The van der Waals surface area contributed by atoms with Crippen LogP contribution in [0.15, 0.2) is 30.9 Å². The molecule has 8 nitrogen and oxygen atoms in total. The van der Waals surface area contributed by atoms with E-state index in [2.05, 4.69) is 15.3 Å². The van der Waals surface area contributed by atoms with E-state index in [1.165, 1.54) is 38.0 Å². The summed E-state index contributed by atoms with van der Waals surface area (Å²) < 4.78 is 16.9. The number of aryl methyl sites for hydroxylation is 1. The van der Waals surface area contributed by atoms with Crippen molar-refractivity contribution in [1.82, 2.24) is 9.97 Å². The van der Waals surface area contributed by atoms with Gasteiger partial charge in [-0.1, -0.05) is 6.07 Å². The quantitative estimate of drug-likeness (QED) is 0.588. The SMILES string of the molecule is COc1cc(C(CNc2cncnc2)P(=O)(O)O)cc(C)c1O. The third-order valence-electron chi connectivity index (χ3n) is 3.36. The monoisotopic (exact) mass is 339 g/mol. The van der Waals surface area contributed by atoms with Crippen LogP contribution < -0.4 is 10.1 Å². The number of phenols is 1. The maximum absolute atomic E-state index is 11.9. The fourth-order valence-electron chi connectivity index (χ4n) is 2.16. The second-order valence-corrected chi connectivity index (χ2v) is 6.80. The molecule has 0 aliphatic carbocycles. The van der Waals surface area contributed by atoms with E-state index in [4.69, 9.17) is 4.74 Å². The van der Waals surface area contributed by atoms with Gasteiger partial charge in [-0.05, 0) is 24.1 Å². The fourth-order valence-corrected chi connectivity index (χ4v) is 3.02. The minimum absolute atomic E-state index is 0.0228. The molecule has 1 aromatic carbocycles. The second kappa shape index (κ2) is 6.95. The molecular weight excluding hydrogens is 321 g/mol. The average molecular weight is 339 g/mol. The van der Waals surface area contributed by atoms with E-state index in [0.717, 1.165) is 0 Å². The van der Waals surface area contributed by atoms with E-state index in [9.17, 15) is 19.5 Å². The highest BCUT2D eigenvalue weighted by atomic mass is 31.2. The van der Waals surface area contributed by atoms with Crippen molar-refractivity contribution in [3.8, 4) is 11.5 Å². The lowest BCUT2D eigenvalue weighted by Gasteiger charge is -2.21. The molecule has 1 unspecified atom stereocenters. The summed E-state index contributed by atoms with van der Waals surface area (Å²) in [5.74, 6) is 0.117. The Labute approximate surface area is 133 Å². The van der Waals surface area contributed by atoms with Crippen LogP contribution in [-0.4, -0.2) is 38.5 Å². The summed E-state index contributed by atoms with van der Waals surface area (Å²) in [7, 11) is -3.06. The van der Waals surface area contributed by atoms with Crippen LogP contribution >= 0.6 is 7.60 Å². The standard InChI is InChI=1S/C14H18N3O5P/c1-9-3-10(4-12(22-2)14(9)18)13(23(19,20)21)7-17-11-5-15-8-16-6-11/h3-6,8,13,17-18H,7H2,1-2H3,(H2,19,20,21). The summed E-state index contributed by atoms with van der Waals surface area (Å²) in [6, 6.07) is 2.96. The van der Waals surface area contributed by atoms with Gasteiger partial charge in [-0.15, -0.1) is 0 Å². The summed E-state index contributed by atoms with van der Waals surface area (Å²) >= 11 is 0. The molecule has 0 bridgehead atoms. The van der Waals surface area contributed by atoms with Crippen molar-refractivity contribution in [3.63, 3.8) is 0 Å². The zero-order chi connectivity index (χ0) is 17.0. The first kappa shape index (κ1) is 17.2. The van der Waals surface area contributed by atoms with Gasteiger partial charge in [0.05, 0.1) is 25.2 Å². The van der Waals surface area contributed by atoms with Crippen molar-refractivity contribution >= 4 is 13.3 Å². The van der Waals surface area contributed by atoms with E-state index in [-0.39, 0.29) is 18.0 Å². The maximum Gasteiger partial charge on any atom is 0.334 e. The Kier molecular flexibility index (Phi) is 5.20. The van der Waals surface area contributed by atoms with Crippen LogP contribution in [0.5, 0.6) is 11.5 Å². The highest BCUT2D eigenvalue weighted by molar-refractivity contribution is 7.52. The Morgan fingerprint density at radius 3 is 2.52 bits per heavy atom. The molecule has 0 saturated heterocycles. The molecule has 0 amide bonds. The van der Waals surface area contributed by atoms with Gasteiger partial charge in [-0.3, -0.25) is 4.57 Å². The van der Waals surface area contributed by atoms with Gasteiger partial charge >= 0.3 is 7.60 Å². The molecule has 1 atom stereocenters. The number of benzene rings is 1. The molecule has 0 aliphatic rings. The molecule has 2 rings (SSSR count). The Balaban J connectivity index is 2.32. The Hall–Kier alpha value is -2.15. The van der Waals surface area contributed by atoms with Gasteiger partial charge < -0.3 is 24.9 Å². The van der Waals surface area contributed by atoms with Crippen molar-refractivity contribution < 1.29 is 24.2 Å². The first-order chi connectivity index (χ1) is 10.8. The van der Waals surface area contributed by atoms with Gasteiger partial charge in [0.1, 0.15) is 12.0 Å². The third kappa shape index (κ3) is 4.19. The number of phenolic OH excluding ortho intramolecular Hbond substituents is 1. The molecular formula is C14H18N3O5P. The molecule has 2 aromatic rings. The lowest BCUT2D eigenvalue weighted by atomic mass is 10.1. The van der Waals surface area contributed by atoms with Crippen LogP contribution in [0, 0.1) is 6.92 Å². The van der Waals surface area contributed by atoms with Gasteiger partial charge in [0.2, 0.25) is 0 Å². The molecule has 1 aromatic heterocycles. The van der Waals surface area contributed by atoms with E-state index >= 15 is 0 Å². The number of methoxy groups -OCH3 is 1. The van der Waals surface area contributed by atoms with Gasteiger partial charge in [0.25, 0.3) is 0 Å². The first-order valence-corrected chi connectivity index (χ1v) is 8.42. The number of anilines is 1. The largest absolute Gasteiger partial charge is 0.504 e. The zero-order valence-corrected chi connectivity index (χ0v) is 13.6. The highest BCUT2D eigenvalue weighted by Gasteiger charge is 2.31. The van der Waals surface area contributed by atoms with Crippen molar-refractivity contribution in [2.75, 3.05) is 19.0 Å². The van der Waals surface area contributed by atoms with Crippen LogP contribution in [0.3, 0.4) is 0 Å². The number of nitrogens with zero attached hydrogens (tertiary/aromatic N) is 2. The topological polar surface area (TPSA) is 125 Å². The van der Waals surface area contributed by atoms with Crippen LogP contribution in [0.2, 0.25) is 0 Å². The first-order valence-electron chi connectivity index (χ1n) is 6.74. The summed E-state index contributed by atoms with van der Waals surface area (Å²) in [5.41, 5.74) is 0.292. The average Bonchev–Trinajstić information content (AvgIpc) is 2.50. The van der Waals surface area contributed by atoms with Gasteiger partial charge in [-0.2, -0.15) is 0 Å². The molecule has 0 saturated carbocycles. The minimum Gasteiger partial charge on any atom is -0.504 e. The molecule has 4 N–H and O–H groups in total. The van der Waals surface area contributed by atoms with Crippen molar-refractivity contribution in [1.29, 1.82) is 0 Å². The number of hydrogen-bond acceptors (Lipinski definition) is 6. The van der Waals surface area contributed by atoms with Gasteiger partial charge in [0, 0.05) is 6.54 Å². The normalized spacial score (nSPS) is 12.7. The van der Waals surface area contributed by atoms with Crippen LogP contribution in [0.4, 0.5) is 5.69 Å². The zero-order valence-electron chi connectivity index (χ0n) is 12.7. The lowest BCUT2D eigenvalue weighted by Crippen LogP contribution is -2.14. The molecule has 9 heteroatoms. The molecule has 0 spiro atoms. The predicted molar refractivity (Wildman–Crippen MR) is 84.7 cm³/mol. The molecule has 0 fully saturated rings. The van der Waals surface area contributed by atoms with E-state index < -0.39 is 13.3 Å². The maximum atomic E-state index is 11.9. The number of hydrogen-bond donors (Lipinski definition) is 4. The second-order valence-electron chi connectivity index (χ2n) is 5.00. The Morgan fingerprint density at radius 1 is 1.30 bits per heavy atom. The molecule has 0 radical (unpaired) electrons. The van der Waals surface area contributed by atoms with E-state index in [1.807, 2.05) is 0 Å². The Bertz CT molecular complexity index is 720. The predicted octanol–water partition coefficient (Wildman–Crippen LogP) is 1.83. The van der Waals surface area contributed by atoms with E-state index in [0.29, 0.717) is 16.8 Å². The minimum atomic E-state index is -4.44. The summed E-state index contributed by atoms with van der Waals surface area (Å²) in [4.78, 5) is 27.0. The van der Waals surface area contributed by atoms with Crippen molar-refractivity contribution in [2.45, 2.75) is 12.6 Å². The number of aromatic hydroxyl groups is 1. The number of nitrogens with one attached hydrogen (secondary N) is 1. The Morgan fingerprint density at radius 2 is 1.96 bits per heavy atom. The van der Waals surface area contributed by atoms with Gasteiger partial charge in [-0.25, -0.2) is 9.97 Å². The summed E-state index contributed by atoms with van der Waals surface area (Å²) in [6.45, 7) is 1.61. The fraction of sp³-hybridized carbons (Fsp3) is 0.286. The third-order valence-corrected chi connectivity index (χ3v) is 4.65. The van der Waals surface area contributed by atoms with Gasteiger partial charge in [0.15, 0.2) is 11.5 Å². The summed E-state index contributed by atoms with van der Waals surface area (Å²) in [5, 5.41) is 12.8. The number of rotatable bonds is 6.